The van der Waals surface area contributed by atoms with Crippen LogP contribution in [-0.4, -0.2) is 34.7 Å². The molecule has 0 radical (unpaired) electrons. The Morgan fingerprint density at radius 1 is 1.09 bits per heavy atom. The molecule has 0 saturated carbocycles. The van der Waals surface area contributed by atoms with Gasteiger partial charge >= 0.3 is 6.18 Å². The minimum absolute atomic E-state index is 0.0970. The van der Waals surface area contributed by atoms with Gasteiger partial charge in [0.25, 0.3) is 5.91 Å². The summed E-state index contributed by atoms with van der Waals surface area (Å²) in [6.45, 7) is 3.89. The molecule has 1 aromatic heterocycles. The van der Waals surface area contributed by atoms with Crippen LogP contribution in [0.2, 0.25) is 0 Å². The van der Waals surface area contributed by atoms with E-state index in [0.29, 0.717) is 24.6 Å². The second-order valence-electron chi connectivity index (χ2n) is 8.44. The van der Waals surface area contributed by atoms with Gasteiger partial charge in [-0.15, -0.1) is 11.8 Å². The van der Waals surface area contributed by atoms with Crippen molar-refractivity contribution in [3.63, 3.8) is 0 Å². The summed E-state index contributed by atoms with van der Waals surface area (Å²) in [6.07, 6.45) is 0.464. The third-order valence-corrected chi connectivity index (χ3v) is 6.90. The Bertz CT molecular complexity index is 1120. The second-order valence-corrected chi connectivity index (χ2v) is 9.77. The maximum absolute atomic E-state index is 12.9. The maximum Gasteiger partial charge on any atom is 0.416 e. The Morgan fingerprint density at radius 2 is 1.77 bits per heavy atom. The molecule has 1 saturated heterocycles. The molecule has 1 aliphatic heterocycles. The summed E-state index contributed by atoms with van der Waals surface area (Å²) in [5, 5.41) is 2.89. The quantitative estimate of drug-likeness (QED) is 0.408. The van der Waals surface area contributed by atoms with Crippen molar-refractivity contribution in [2.24, 2.45) is 0 Å². The number of nitrogens with one attached hydrogen (secondary N) is 1. The van der Waals surface area contributed by atoms with Gasteiger partial charge in [0.05, 0.1) is 11.1 Å². The van der Waals surface area contributed by atoms with Crippen molar-refractivity contribution in [2.45, 2.75) is 43.3 Å². The highest BCUT2D eigenvalue weighted by Gasteiger charge is 2.31. The van der Waals surface area contributed by atoms with E-state index in [0.717, 1.165) is 48.4 Å². The van der Waals surface area contributed by atoms with Crippen molar-refractivity contribution >= 4 is 23.6 Å². The Morgan fingerprint density at radius 3 is 2.40 bits per heavy atom. The smallest absolute Gasteiger partial charge is 0.348 e. The number of rotatable bonds is 7. The van der Waals surface area contributed by atoms with Gasteiger partial charge in [-0.2, -0.15) is 13.2 Å². The number of alkyl halides is 3. The van der Waals surface area contributed by atoms with Gasteiger partial charge in [-0.3, -0.25) is 4.79 Å². The highest BCUT2D eigenvalue weighted by atomic mass is 32.2. The zero-order chi connectivity index (χ0) is 24.8. The van der Waals surface area contributed by atoms with Crippen molar-refractivity contribution in [3.8, 4) is 0 Å². The van der Waals surface area contributed by atoms with Gasteiger partial charge in [0.1, 0.15) is 0 Å². The molecular weight excluding hydrogens is 473 g/mol. The second kappa shape index (κ2) is 11.1. The highest BCUT2D eigenvalue weighted by Crippen LogP contribution is 2.33. The van der Waals surface area contributed by atoms with E-state index in [1.54, 1.807) is 23.9 Å². The first-order valence-electron chi connectivity index (χ1n) is 11.6. The summed E-state index contributed by atoms with van der Waals surface area (Å²) < 4.78 is 38.6. The number of hydrogen-bond acceptors (Lipinski definition) is 5. The fraction of sp³-hybridized carbons (Fsp3) is 0.346. The van der Waals surface area contributed by atoms with E-state index in [-0.39, 0.29) is 11.8 Å². The molecule has 5 nitrogen and oxygen atoms in total. The average Bonchev–Trinajstić information content (AvgIpc) is 2.88. The topological polar surface area (TPSA) is 58.1 Å². The predicted molar refractivity (Wildman–Crippen MR) is 132 cm³/mol. The van der Waals surface area contributed by atoms with E-state index in [1.165, 1.54) is 17.3 Å². The van der Waals surface area contributed by atoms with Crippen LogP contribution in [0.3, 0.4) is 0 Å². The fourth-order valence-electron chi connectivity index (χ4n) is 4.13. The molecule has 3 aromatic rings. The fourth-order valence-corrected chi connectivity index (χ4v) is 4.79. The lowest BCUT2D eigenvalue weighted by molar-refractivity contribution is -0.137. The van der Waals surface area contributed by atoms with Crippen LogP contribution < -0.4 is 10.2 Å². The van der Waals surface area contributed by atoms with E-state index in [1.807, 2.05) is 29.2 Å². The number of nitrogens with zero attached hydrogens (tertiary/aromatic N) is 3. The summed E-state index contributed by atoms with van der Waals surface area (Å²) >= 11 is 1.77. The molecule has 0 aliphatic carbocycles. The van der Waals surface area contributed by atoms with E-state index < -0.39 is 11.7 Å². The summed E-state index contributed by atoms with van der Waals surface area (Å²) in [4.78, 5) is 24.5. The van der Waals surface area contributed by atoms with E-state index >= 15 is 0 Å². The van der Waals surface area contributed by atoms with Crippen LogP contribution in [0.1, 0.15) is 52.7 Å². The van der Waals surface area contributed by atoms with Crippen LogP contribution in [-0.2, 0) is 12.7 Å². The number of amides is 1. The number of aromatic nitrogens is 2. The molecule has 2 aromatic carbocycles. The monoisotopic (exact) mass is 500 g/mol. The maximum atomic E-state index is 12.9. The Labute approximate surface area is 207 Å². The van der Waals surface area contributed by atoms with E-state index in [9.17, 15) is 18.0 Å². The molecule has 0 spiro atoms. The lowest BCUT2D eigenvalue weighted by Crippen LogP contribution is -2.35. The third-order valence-electron chi connectivity index (χ3n) is 6.00. The molecule has 1 amide bonds. The number of hydrogen-bond donors (Lipinski definition) is 1. The Kier molecular flexibility index (Phi) is 7.95. The Hall–Kier alpha value is -3.07. The number of benzene rings is 2. The number of carbonyl (C=O) groups excluding carboxylic acids is 1. The van der Waals surface area contributed by atoms with Crippen LogP contribution in [0.5, 0.6) is 0 Å². The molecule has 1 fully saturated rings. The third kappa shape index (κ3) is 6.54. The van der Waals surface area contributed by atoms with Crippen molar-refractivity contribution < 1.29 is 18.0 Å². The molecular formula is C26H27F3N4OS. The van der Waals surface area contributed by atoms with Crippen molar-refractivity contribution in [1.82, 2.24) is 15.3 Å². The molecule has 9 heteroatoms. The minimum atomic E-state index is -4.34. The van der Waals surface area contributed by atoms with Gasteiger partial charge in [0.15, 0.2) is 0 Å². The molecule has 184 valence electrons. The number of anilines is 1. The summed E-state index contributed by atoms with van der Waals surface area (Å²) in [6, 6.07) is 13.5. The molecule has 1 aliphatic rings. The first kappa shape index (κ1) is 25.0. The zero-order valence-corrected chi connectivity index (χ0v) is 20.2. The van der Waals surface area contributed by atoms with E-state index in [2.05, 4.69) is 22.2 Å². The number of thioether (sulfide) groups is 1. The zero-order valence-electron chi connectivity index (χ0n) is 19.4. The summed E-state index contributed by atoms with van der Waals surface area (Å²) in [5.41, 5.74) is 1.63. The molecule has 4 rings (SSSR count). The molecule has 1 atom stereocenters. The summed E-state index contributed by atoms with van der Waals surface area (Å²) in [7, 11) is 0. The van der Waals surface area contributed by atoms with Crippen molar-refractivity contribution in [1.29, 1.82) is 0 Å². The molecule has 0 bridgehead atoms. The average molecular weight is 501 g/mol. The van der Waals surface area contributed by atoms with Gasteiger partial charge in [-0.1, -0.05) is 31.2 Å². The minimum Gasteiger partial charge on any atom is -0.348 e. The van der Waals surface area contributed by atoms with Gasteiger partial charge in [0, 0.05) is 42.8 Å². The van der Waals surface area contributed by atoms with Gasteiger partial charge < -0.3 is 10.2 Å². The number of carbonyl (C=O) groups is 1. The standard InChI is InChI=1S/C26H27F3N4OS/c1-2-35-23-11-5-18(6-12-23)14-30-24(34)21-15-31-25(32-16-21)33-13-3-4-20(17-33)19-7-9-22(10-8-19)26(27,28)29/h5-12,15-16,20H,2-4,13-14,17H2,1H3,(H,30,34)/t20-/m0/s1. The molecule has 2 heterocycles. The van der Waals surface area contributed by atoms with Crippen LogP contribution in [0, 0.1) is 0 Å². The number of halogens is 3. The first-order valence-corrected chi connectivity index (χ1v) is 12.6. The lowest BCUT2D eigenvalue weighted by Gasteiger charge is -2.33. The van der Waals surface area contributed by atoms with Crippen LogP contribution >= 0.6 is 11.8 Å². The predicted octanol–water partition coefficient (Wildman–Crippen LogP) is 5.92. The Balaban J connectivity index is 1.34. The molecule has 1 N–H and O–H groups in total. The van der Waals surface area contributed by atoms with Crippen LogP contribution in [0.15, 0.2) is 65.8 Å². The van der Waals surface area contributed by atoms with E-state index in [4.69, 9.17) is 0 Å². The van der Waals surface area contributed by atoms with Crippen LogP contribution in [0.25, 0.3) is 0 Å². The summed E-state index contributed by atoms with van der Waals surface area (Å²) in [5.74, 6) is 1.38. The highest BCUT2D eigenvalue weighted by molar-refractivity contribution is 7.99. The van der Waals surface area contributed by atoms with Crippen molar-refractivity contribution in [3.05, 3.63) is 83.2 Å². The lowest BCUT2D eigenvalue weighted by atomic mass is 9.90. The van der Waals surface area contributed by atoms with Gasteiger partial charge in [0.2, 0.25) is 5.95 Å². The SMILES string of the molecule is CCSc1ccc(CNC(=O)c2cnc(N3CCC[C@H](c4ccc(C(F)(F)F)cc4)C3)nc2)cc1. The van der Waals surface area contributed by atoms with Gasteiger partial charge in [-0.05, 0) is 54.0 Å². The van der Waals surface area contributed by atoms with Crippen molar-refractivity contribution in [2.75, 3.05) is 23.7 Å². The molecule has 35 heavy (non-hydrogen) atoms. The normalized spacial score (nSPS) is 16.2. The number of piperidine rings is 1. The van der Waals surface area contributed by atoms with Crippen LogP contribution in [0.4, 0.5) is 19.1 Å². The largest absolute Gasteiger partial charge is 0.416 e. The molecule has 0 unspecified atom stereocenters. The first-order chi connectivity index (χ1) is 16.8. The van der Waals surface area contributed by atoms with Gasteiger partial charge in [-0.25, -0.2) is 9.97 Å².